The summed E-state index contributed by atoms with van der Waals surface area (Å²) in [6.07, 6.45) is 1.35. The van der Waals surface area contributed by atoms with Crippen molar-refractivity contribution < 1.29 is 19.1 Å². The van der Waals surface area contributed by atoms with E-state index in [2.05, 4.69) is 12.2 Å². The highest BCUT2D eigenvalue weighted by Gasteiger charge is 2.30. The Hall–Kier alpha value is -3.93. The minimum Gasteiger partial charge on any atom is -0.496 e. The van der Waals surface area contributed by atoms with E-state index in [0.29, 0.717) is 24.9 Å². The van der Waals surface area contributed by atoms with Crippen LogP contribution in [0.5, 0.6) is 5.75 Å². The summed E-state index contributed by atoms with van der Waals surface area (Å²) >= 11 is 0. The van der Waals surface area contributed by atoms with Gasteiger partial charge in [0.1, 0.15) is 5.75 Å². The molecule has 1 N–H and O–H groups in total. The number of rotatable bonds is 9. The summed E-state index contributed by atoms with van der Waals surface area (Å²) in [6.45, 7) is 2.54. The number of nitrogens with zero attached hydrogens (tertiary/aromatic N) is 1. The monoisotopic (exact) mass is 470 g/mol. The topological polar surface area (TPSA) is 75.7 Å². The lowest BCUT2D eigenvalue weighted by Gasteiger charge is -2.30. The largest absolute Gasteiger partial charge is 0.496 e. The number of ether oxygens (including phenoxy) is 1. The van der Waals surface area contributed by atoms with Gasteiger partial charge in [0.05, 0.1) is 13.0 Å². The van der Waals surface area contributed by atoms with Crippen LogP contribution in [0.4, 0.5) is 0 Å². The molecule has 0 bridgehead atoms. The minimum absolute atomic E-state index is 0.0587. The van der Waals surface area contributed by atoms with Crippen LogP contribution in [0.25, 0.3) is 0 Å². The van der Waals surface area contributed by atoms with Gasteiger partial charge in [0.15, 0.2) is 0 Å². The number of imide groups is 1. The molecule has 1 aliphatic heterocycles. The Morgan fingerprint density at radius 1 is 0.971 bits per heavy atom. The van der Waals surface area contributed by atoms with Crippen molar-refractivity contribution in [2.45, 2.75) is 38.8 Å². The number of carbonyl (C=O) groups is 3. The summed E-state index contributed by atoms with van der Waals surface area (Å²) < 4.78 is 5.52. The molecule has 3 aromatic rings. The molecule has 0 saturated carbocycles. The number of hydrogen-bond donors (Lipinski definition) is 1. The summed E-state index contributed by atoms with van der Waals surface area (Å²) in [6, 6.07) is 25.1. The smallest absolute Gasteiger partial charge is 0.254 e. The molecule has 6 nitrogen and oxygen atoms in total. The number of nitrogens with one attached hydrogen (secondary N) is 1. The van der Waals surface area contributed by atoms with E-state index in [1.807, 2.05) is 71.6 Å². The first kappa shape index (κ1) is 24.2. The van der Waals surface area contributed by atoms with E-state index >= 15 is 0 Å². The van der Waals surface area contributed by atoms with Gasteiger partial charge in [0.25, 0.3) is 5.91 Å². The molecule has 0 aromatic heterocycles. The van der Waals surface area contributed by atoms with Gasteiger partial charge in [-0.3, -0.25) is 19.7 Å². The van der Waals surface area contributed by atoms with Gasteiger partial charge >= 0.3 is 0 Å². The average Bonchev–Trinajstić information content (AvgIpc) is 3.19. The second kappa shape index (κ2) is 11.0. The Labute approximate surface area is 205 Å². The maximum atomic E-state index is 13.7. The maximum absolute atomic E-state index is 13.7. The molecule has 35 heavy (non-hydrogen) atoms. The molecule has 2 unspecified atom stereocenters. The third-order valence-electron chi connectivity index (χ3n) is 6.44. The van der Waals surface area contributed by atoms with Gasteiger partial charge in [-0.05, 0) is 54.7 Å². The Kier molecular flexibility index (Phi) is 7.60. The fourth-order valence-corrected chi connectivity index (χ4v) is 4.51. The zero-order valence-electron chi connectivity index (χ0n) is 20.1. The Morgan fingerprint density at radius 2 is 1.66 bits per heavy atom. The molecule has 0 radical (unpaired) electrons. The first-order valence-corrected chi connectivity index (χ1v) is 11.8. The number of methoxy groups -OCH3 is 1. The highest BCUT2D eigenvalue weighted by molar-refractivity contribution is 6.03. The summed E-state index contributed by atoms with van der Waals surface area (Å²) in [5, 5.41) is 2.35. The molecule has 1 aliphatic rings. The van der Waals surface area contributed by atoms with Crippen molar-refractivity contribution in [1.29, 1.82) is 0 Å². The van der Waals surface area contributed by atoms with E-state index in [1.165, 1.54) is 0 Å². The van der Waals surface area contributed by atoms with Crippen LogP contribution in [0.2, 0.25) is 0 Å². The number of carbonyl (C=O) groups excluding carboxylic acids is 3. The van der Waals surface area contributed by atoms with Crippen LogP contribution in [0, 0.1) is 5.92 Å². The molecule has 180 valence electrons. The quantitative estimate of drug-likeness (QED) is 0.476. The molecule has 0 aliphatic carbocycles. The molecule has 3 amide bonds. The zero-order valence-corrected chi connectivity index (χ0v) is 20.1. The number of amides is 3. The molecular formula is C29H30N2O4. The van der Waals surface area contributed by atoms with Crippen molar-refractivity contribution in [3.63, 3.8) is 0 Å². The first-order chi connectivity index (χ1) is 16.9. The highest BCUT2D eigenvalue weighted by Crippen LogP contribution is 2.23. The Bertz CT molecular complexity index is 1190. The van der Waals surface area contributed by atoms with Crippen LogP contribution >= 0.6 is 0 Å². The minimum atomic E-state index is -0.348. The lowest BCUT2D eigenvalue weighted by Crippen LogP contribution is -2.39. The van der Waals surface area contributed by atoms with Gasteiger partial charge < -0.3 is 9.64 Å². The van der Waals surface area contributed by atoms with Crippen LogP contribution in [-0.4, -0.2) is 35.8 Å². The predicted octanol–water partition coefficient (Wildman–Crippen LogP) is 4.17. The van der Waals surface area contributed by atoms with E-state index in [9.17, 15) is 14.4 Å². The maximum Gasteiger partial charge on any atom is 0.254 e. The fraction of sp³-hybridized carbons (Fsp3) is 0.276. The van der Waals surface area contributed by atoms with Gasteiger partial charge in [-0.2, -0.15) is 0 Å². The van der Waals surface area contributed by atoms with Gasteiger partial charge in [-0.25, -0.2) is 0 Å². The molecule has 1 heterocycles. The lowest BCUT2D eigenvalue weighted by atomic mass is 9.97. The molecule has 1 saturated heterocycles. The van der Waals surface area contributed by atoms with E-state index in [1.54, 1.807) is 19.2 Å². The van der Waals surface area contributed by atoms with Crippen molar-refractivity contribution in [3.05, 3.63) is 101 Å². The second-order valence-corrected chi connectivity index (χ2v) is 9.00. The van der Waals surface area contributed by atoms with Crippen LogP contribution < -0.4 is 10.1 Å². The van der Waals surface area contributed by atoms with Gasteiger partial charge in [-0.1, -0.05) is 60.7 Å². The number of hydrogen-bond acceptors (Lipinski definition) is 4. The van der Waals surface area contributed by atoms with E-state index in [-0.39, 0.29) is 36.1 Å². The molecule has 4 rings (SSSR count). The molecule has 1 fully saturated rings. The van der Waals surface area contributed by atoms with E-state index in [4.69, 9.17) is 4.74 Å². The standard InChI is InChI=1S/C29H30N2O4/c1-20(16-24-10-6-7-11-26(24)35-2)31(19-22-8-4-3-5-9-22)29(34)23-14-12-21(13-15-23)17-25-18-27(32)30-28(25)33/h3-15,20,25H,16-19H2,1-2H3,(H,30,32,33). The lowest BCUT2D eigenvalue weighted by molar-refractivity contribution is -0.125. The summed E-state index contributed by atoms with van der Waals surface area (Å²) in [7, 11) is 1.66. The molecule has 6 heteroatoms. The summed E-state index contributed by atoms with van der Waals surface area (Å²) in [5.41, 5.74) is 3.62. The Balaban J connectivity index is 1.53. The van der Waals surface area contributed by atoms with Gasteiger partial charge in [0, 0.05) is 24.6 Å². The van der Waals surface area contributed by atoms with Crippen LogP contribution in [0.15, 0.2) is 78.9 Å². The summed E-state index contributed by atoms with van der Waals surface area (Å²) in [5.74, 6) is -0.0527. The number of para-hydroxylation sites is 1. The van der Waals surface area contributed by atoms with Crippen molar-refractivity contribution >= 4 is 17.7 Å². The van der Waals surface area contributed by atoms with Crippen LogP contribution in [0.3, 0.4) is 0 Å². The number of benzene rings is 3. The second-order valence-electron chi connectivity index (χ2n) is 9.00. The third kappa shape index (κ3) is 5.96. The van der Waals surface area contributed by atoms with Gasteiger partial charge in [-0.15, -0.1) is 0 Å². The average molecular weight is 471 g/mol. The highest BCUT2D eigenvalue weighted by atomic mass is 16.5. The van der Waals surface area contributed by atoms with Crippen LogP contribution in [-0.2, 0) is 29.0 Å². The first-order valence-electron chi connectivity index (χ1n) is 11.8. The van der Waals surface area contributed by atoms with Crippen molar-refractivity contribution in [2.24, 2.45) is 5.92 Å². The van der Waals surface area contributed by atoms with Crippen molar-refractivity contribution in [2.75, 3.05) is 7.11 Å². The predicted molar refractivity (Wildman–Crippen MR) is 134 cm³/mol. The van der Waals surface area contributed by atoms with Gasteiger partial charge in [0.2, 0.25) is 11.8 Å². The molecular weight excluding hydrogens is 440 g/mol. The van der Waals surface area contributed by atoms with E-state index in [0.717, 1.165) is 22.4 Å². The molecule has 3 aromatic carbocycles. The zero-order chi connectivity index (χ0) is 24.8. The normalized spacial score (nSPS) is 16.0. The third-order valence-corrected chi connectivity index (χ3v) is 6.44. The molecule has 2 atom stereocenters. The van der Waals surface area contributed by atoms with Crippen LogP contribution in [0.1, 0.15) is 40.4 Å². The molecule has 0 spiro atoms. The van der Waals surface area contributed by atoms with Crippen molar-refractivity contribution in [1.82, 2.24) is 10.2 Å². The summed E-state index contributed by atoms with van der Waals surface area (Å²) in [4.78, 5) is 38.9. The SMILES string of the molecule is COc1ccccc1CC(C)N(Cc1ccccc1)C(=O)c1ccc(CC2CC(=O)NC2=O)cc1. The fourth-order valence-electron chi connectivity index (χ4n) is 4.51. The van der Waals surface area contributed by atoms with Crippen molar-refractivity contribution in [3.8, 4) is 5.75 Å². The Morgan fingerprint density at radius 3 is 2.31 bits per heavy atom. The van der Waals surface area contributed by atoms with E-state index < -0.39 is 0 Å².